The Morgan fingerprint density at radius 2 is 2.29 bits per heavy atom. The first kappa shape index (κ1) is 16.0. The van der Waals surface area contributed by atoms with Crippen LogP contribution in [-0.2, 0) is 0 Å². The maximum absolute atomic E-state index is 10.7. The fourth-order valence-corrected chi connectivity index (χ4v) is 3.07. The van der Waals surface area contributed by atoms with Crippen molar-refractivity contribution >= 4 is 23.0 Å². The maximum Gasteiger partial charge on any atom is 0.288 e. The first-order valence-corrected chi connectivity index (χ1v) is 7.88. The highest BCUT2D eigenvalue weighted by Gasteiger charge is 2.16. The molecule has 2 N–H and O–H groups in total. The van der Waals surface area contributed by atoms with Crippen molar-refractivity contribution in [3.8, 4) is 0 Å². The normalized spacial score (nSPS) is 20.6. The number of anilines is 1. The lowest BCUT2D eigenvalue weighted by molar-refractivity contribution is -0.384. The smallest absolute Gasteiger partial charge is 0.288 e. The van der Waals surface area contributed by atoms with Crippen molar-refractivity contribution in [3.05, 3.63) is 33.3 Å². The zero-order valence-electron chi connectivity index (χ0n) is 12.3. The van der Waals surface area contributed by atoms with Crippen LogP contribution in [0.1, 0.15) is 39.0 Å². The minimum absolute atomic E-state index is 0.0553. The molecule has 2 rings (SSSR count). The van der Waals surface area contributed by atoms with Crippen LogP contribution in [-0.4, -0.2) is 23.6 Å². The van der Waals surface area contributed by atoms with Gasteiger partial charge in [0, 0.05) is 23.8 Å². The lowest BCUT2D eigenvalue weighted by Gasteiger charge is -2.22. The van der Waals surface area contributed by atoms with Crippen molar-refractivity contribution in [2.24, 2.45) is 0 Å². The summed E-state index contributed by atoms with van der Waals surface area (Å²) < 4.78 is 0. The fourth-order valence-electron chi connectivity index (χ4n) is 2.82. The number of nitro benzene ring substituents is 1. The molecule has 0 radical (unpaired) electrons. The molecule has 1 aromatic rings. The Balaban J connectivity index is 1.91. The molecule has 0 bridgehead atoms. The largest absolute Gasteiger partial charge is 0.382 e. The van der Waals surface area contributed by atoms with Gasteiger partial charge in [-0.15, -0.1) is 0 Å². The van der Waals surface area contributed by atoms with Crippen LogP contribution < -0.4 is 10.6 Å². The Labute approximate surface area is 130 Å². The van der Waals surface area contributed by atoms with Gasteiger partial charge in [-0.1, -0.05) is 24.4 Å². The van der Waals surface area contributed by atoms with Crippen LogP contribution in [0.3, 0.4) is 0 Å². The second kappa shape index (κ2) is 7.61. The van der Waals surface area contributed by atoms with E-state index in [1.807, 2.05) is 0 Å². The monoisotopic (exact) mass is 311 g/mol. The van der Waals surface area contributed by atoms with E-state index in [0.717, 1.165) is 18.7 Å². The number of nitrogens with zero attached hydrogens (tertiary/aromatic N) is 1. The molecule has 1 aliphatic heterocycles. The first-order valence-electron chi connectivity index (χ1n) is 7.50. The molecule has 2 unspecified atom stereocenters. The summed E-state index contributed by atoms with van der Waals surface area (Å²) in [6.07, 6.45) is 6.11. The number of hydrogen-bond donors (Lipinski definition) is 2. The molecule has 0 saturated carbocycles. The summed E-state index contributed by atoms with van der Waals surface area (Å²) >= 11 is 5.93. The zero-order valence-corrected chi connectivity index (χ0v) is 13.0. The van der Waals surface area contributed by atoms with Crippen LogP contribution in [0.15, 0.2) is 18.2 Å². The molecule has 1 aromatic carbocycles. The molecule has 0 amide bonds. The molecule has 5 nitrogen and oxygen atoms in total. The molecule has 1 aliphatic rings. The summed E-state index contributed by atoms with van der Waals surface area (Å²) in [5.74, 6) is 0. The van der Waals surface area contributed by atoms with Gasteiger partial charge in [-0.3, -0.25) is 10.1 Å². The van der Waals surface area contributed by atoms with Crippen LogP contribution in [0.25, 0.3) is 0 Å². The highest BCUT2D eigenvalue weighted by atomic mass is 35.5. The number of hydrogen-bond acceptors (Lipinski definition) is 4. The standard InChI is InChI=1S/C15H22ClN3O2/c1-11(9-12-5-3-2-4-8-17-12)18-13-6-7-15(19(20)21)14(16)10-13/h6-7,10-12,17-18H,2-5,8-9H2,1H3. The number of rotatable bonds is 5. The van der Waals surface area contributed by atoms with E-state index >= 15 is 0 Å². The first-order chi connectivity index (χ1) is 10.1. The molecule has 0 aromatic heterocycles. The highest BCUT2D eigenvalue weighted by Crippen LogP contribution is 2.27. The van der Waals surface area contributed by atoms with E-state index in [1.54, 1.807) is 12.1 Å². The second-order valence-electron chi connectivity index (χ2n) is 5.70. The molecule has 0 aliphatic carbocycles. The predicted molar refractivity (Wildman–Crippen MR) is 86.1 cm³/mol. The summed E-state index contributed by atoms with van der Waals surface area (Å²) in [6.45, 7) is 3.22. The van der Waals surface area contributed by atoms with Gasteiger partial charge in [-0.2, -0.15) is 0 Å². The van der Waals surface area contributed by atoms with Crippen LogP contribution in [0.4, 0.5) is 11.4 Å². The van der Waals surface area contributed by atoms with E-state index in [2.05, 4.69) is 17.6 Å². The van der Waals surface area contributed by atoms with Gasteiger partial charge in [0.25, 0.3) is 5.69 Å². The molecule has 21 heavy (non-hydrogen) atoms. The van der Waals surface area contributed by atoms with Crippen LogP contribution in [0, 0.1) is 10.1 Å². The van der Waals surface area contributed by atoms with Crippen molar-refractivity contribution in [3.63, 3.8) is 0 Å². The topological polar surface area (TPSA) is 67.2 Å². The summed E-state index contributed by atoms with van der Waals surface area (Å²) in [7, 11) is 0. The molecular formula is C15H22ClN3O2. The Kier molecular flexibility index (Phi) is 5.82. The summed E-state index contributed by atoms with van der Waals surface area (Å²) in [4.78, 5) is 10.3. The molecule has 1 heterocycles. The van der Waals surface area contributed by atoms with Gasteiger partial charge in [-0.05, 0) is 44.9 Å². The third kappa shape index (κ3) is 4.86. The Morgan fingerprint density at radius 1 is 1.48 bits per heavy atom. The number of nitro groups is 1. The summed E-state index contributed by atoms with van der Waals surface area (Å²) in [6, 6.07) is 5.61. The van der Waals surface area contributed by atoms with Gasteiger partial charge in [0.1, 0.15) is 5.02 Å². The molecule has 6 heteroatoms. The average molecular weight is 312 g/mol. The van der Waals surface area contributed by atoms with Crippen molar-refractivity contribution in [2.45, 2.75) is 51.1 Å². The van der Waals surface area contributed by atoms with Crippen molar-refractivity contribution in [2.75, 3.05) is 11.9 Å². The van der Waals surface area contributed by atoms with Crippen LogP contribution >= 0.6 is 11.6 Å². The van der Waals surface area contributed by atoms with E-state index in [4.69, 9.17) is 11.6 Å². The molecular weight excluding hydrogens is 290 g/mol. The molecule has 2 atom stereocenters. The fraction of sp³-hybridized carbons (Fsp3) is 0.600. The van der Waals surface area contributed by atoms with E-state index < -0.39 is 4.92 Å². The number of nitrogens with one attached hydrogen (secondary N) is 2. The Morgan fingerprint density at radius 3 is 3.00 bits per heavy atom. The van der Waals surface area contributed by atoms with E-state index in [-0.39, 0.29) is 16.8 Å². The van der Waals surface area contributed by atoms with Gasteiger partial charge >= 0.3 is 0 Å². The van der Waals surface area contributed by atoms with Gasteiger partial charge in [-0.25, -0.2) is 0 Å². The summed E-state index contributed by atoms with van der Waals surface area (Å²) in [5.41, 5.74) is 0.770. The van der Waals surface area contributed by atoms with Gasteiger partial charge in [0.05, 0.1) is 4.92 Å². The average Bonchev–Trinajstić information content (AvgIpc) is 2.66. The van der Waals surface area contributed by atoms with Gasteiger partial charge < -0.3 is 10.6 Å². The van der Waals surface area contributed by atoms with E-state index in [9.17, 15) is 10.1 Å². The SMILES string of the molecule is CC(CC1CCCCCN1)Nc1ccc([N+](=O)[O-])c(Cl)c1. The quantitative estimate of drug-likeness (QED) is 0.638. The van der Waals surface area contributed by atoms with Gasteiger partial charge in [0.2, 0.25) is 0 Å². The molecule has 1 fully saturated rings. The Hall–Kier alpha value is -1.33. The predicted octanol–water partition coefficient (Wildman–Crippen LogP) is 3.97. The lowest BCUT2D eigenvalue weighted by atomic mass is 10.0. The summed E-state index contributed by atoms with van der Waals surface area (Å²) in [5, 5.41) is 17.9. The highest BCUT2D eigenvalue weighted by molar-refractivity contribution is 6.32. The third-order valence-corrected chi connectivity index (χ3v) is 4.16. The van der Waals surface area contributed by atoms with Gasteiger partial charge in [0.15, 0.2) is 0 Å². The second-order valence-corrected chi connectivity index (χ2v) is 6.11. The van der Waals surface area contributed by atoms with Crippen molar-refractivity contribution in [1.82, 2.24) is 5.32 Å². The number of halogens is 1. The van der Waals surface area contributed by atoms with Crippen molar-refractivity contribution < 1.29 is 4.92 Å². The molecule has 116 valence electrons. The van der Waals surface area contributed by atoms with E-state index in [1.165, 1.54) is 31.7 Å². The maximum atomic E-state index is 10.7. The van der Waals surface area contributed by atoms with Crippen LogP contribution in [0.2, 0.25) is 5.02 Å². The van der Waals surface area contributed by atoms with E-state index in [0.29, 0.717) is 6.04 Å². The minimum atomic E-state index is -0.467. The van der Waals surface area contributed by atoms with Crippen LogP contribution in [0.5, 0.6) is 0 Å². The molecule has 1 saturated heterocycles. The third-order valence-electron chi connectivity index (χ3n) is 3.86. The Bertz CT molecular complexity index is 488. The number of benzene rings is 1. The molecule has 0 spiro atoms. The zero-order chi connectivity index (χ0) is 15.2. The lowest BCUT2D eigenvalue weighted by Crippen LogP contribution is -2.33. The van der Waals surface area contributed by atoms with Crippen molar-refractivity contribution in [1.29, 1.82) is 0 Å². The minimum Gasteiger partial charge on any atom is -0.382 e.